The molecule has 1 saturated heterocycles. The molecule has 1 aliphatic rings. The number of methoxy groups -OCH3 is 2. The smallest absolute Gasteiger partial charge is 0.254 e. The molecule has 7 nitrogen and oxygen atoms in total. The molecule has 2 aromatic carbocycles. The molecular formula is C22H22ClN3O4. The van der Waals surface area contributed by atoms with Gasteiger partial charge in [-0.25, -0.2) is 0 Å². The highest BCUT2D eigenvalue weighted by atomic mass is 35.5. The number of likely N-dealkylation sites (tertiary alicyclic amines) is 1. The maximum Gasteiger partial charge on any atom is 0.254 e. The standard InChI is InChI=1S/C22H22ClN3O4/c1-28-18-11-16(12-19(13-18)29-2)22(27)26-8-6-14(7-9-26)21-24-20(25-30-21)15-4-3-5-17(23)10-15/h3-5,10-14H,6-9H2,1-2H3. The minimum atomic E-state index is -0.0456. The lowest BCUT2D eigenvalue weighted by Crippen LogP contribution is -2.38. The first kappa shape index (κ1) is 20.2. The summed E-state index contributed by atoms with van der Waals surface area (Å²) < 4.78 is 16.0. The Balaban J connectivity index is 1.42. The van der Waals surface area contributed by atoms with Crippen LogP contribution in [0.15, 0.2) is 47.0 Å². The predicted molar refractivity (Wildman–Crippen MR) is 112 cm³/mol. The first-order valence-electron chi connectivity index (χ1n) is 9.69. The van der Waals surface area contributed by atoms with Gasteiger partial charge in [0.25, 0.3) is 5.91 Å². The second-order valence-electron chi connectivity index (χ2n) is 7.13. The Morgan fingerprint density at radius 3 is 2.43 bits per heavy atom. The van der Waals surface area contributed by atoms with Crippen molar-refractivity contribution in [1.82, 2.24) is 15.0 Å². The van der Waals surface area contributed by atoms with Gasteiger partial charge in [-0.15, -0.1) is 0 Å². The van der Waals surface area contributed by atoms with Gasteiger partial charge in [0, 0.05) is 41.2 Å². The number of piperidine rings is 1. The molecule has 2 heterocycles. The van der Waals surface area contributed by atoms with Gasteiger partial charge in [0.1, 0.15) is 11.5 Å². The first-order valence-corrected chi connectivity index (χ1v) is 10.1. The fraction of sp³-hybridized carbons (Fsp3) is 0.318. The SMILES string of the molecule is COc1cc(OC)cc(C(=O)N2CCC(c3nc(-c4cccc(Cl)c4)no3)CC2)c1. The number of nitrogens with zero attached hydrogens (tertiary/aromatic N) is 3. The Morgan fingerprint density at radius 2 is 1.80 bits per heavy atom. The van der Waals surface area contributed by atoms with E-state index in [2.05, 4.69) is 10.1 Å². The van der Waals surface area contributed by atoms with Gasteiger partial charge in [-0.1, -0.05) is 28.9 Å². The molecule has 3 aromatic rings. The van der Waals surface area contributed by atoms with Crippen LogP contribution in [0.3, 0.4) is 0 Å². The molecule has 1 aromatic heterocycles. The summed E-state index contributed by atoms with van der Waals surface area (Å²) >= 11 is 6.05. The van der Waals surface area contributed by atoms with E-state index in [9.17, 15) is 4.79 Å². The minimum absolute atomic E-state index is 0.0456. The number of carbonyl (C=O) groups excluding carboxylic acids is 1. The van der Waals surface area contributed by atoms with E-state index in [0.717, 1.165) is 18.4 Å². The first-order chi connectivity index (χ1) is 14.6. The van der Waals surface area contributed by atoms with E-state index in [1.54, 1.807) is 44.6 Å². The van der Waals surface area contributed by atoms with Crippen LogP contribution in [-0.4, -0.2) is 48.3 Å². The Hall–Kier alpha value is -3.06. The maximum absolute atomic E-state index is 13.0. The number of amides is 1. The summed E-state index contributed by atoms with van der Waals surface area (Å²) in [6.45, 7) is 1.22. The van der Waals surface area contributed by atoms with Gasteiger partial charge in [-0.05, 0) is 37.1 Å². The van der Waals surface area contributed by atoms with Gasteiger partial charge in [0.05, 0.1) is 14.2 Å². The predicted octanol–water partition coefficient (Wildman–Crippen LogP) is 4.43. The van der Waals surface area contributed by atoms with Crippen LogP contribution < -0.4 is 9.47 Å². The minimum Gasteiger partial charge on any atom is -0.497 e. The Morgan fingerprint density at radius 1 is 1.10 bits per heavy atom. The van der Waals surface area contributed by atoms with Crippen molar-refractivity contribution in [1.29, 1.82) is 0 Å². The van der Waals surface area contributed by atoms with Crippen LogP contribution in [0.2, 0.25) is 5.02 Å². The third kappa shape index (κ3) is 4.26. The summed E-state index contributed by atoms with van der Waals surface area (Å²) in [5, 5.41) is 4.71. The highest BCUT2D eigenvalue weighted by Gasteiger charge is 2.28. The van der Waals surface area contributed by atoms with Crippen molar-refractivity contribution in [3.8, 4) is 22.9 Å². The van der Waals surface area contributed by atoms with Gasteiger partial charge < -0.3 is 18.9 Å². The quantitative estimate of drug-likeness (QED) is 0.599. The van der Waals surface area contributed by atoms with E-state index in [0.29, 0.717) is 46.9 Å². The Labute approximate surface area is 179 Å². The van der Waals surface area contributed by atoms with Crippen molar-refractivity contribution < 1.29 is 18.8 Å². The average molecular weight is 428 g/mol. The number of carbonyl (C=O) groups is 1. The van der Waals surface area contributed by atoms with E-state index in [1.807, 2.05) is 17.0 Å². The zero-order chi connectivity index (χ0) is 21.1. The topological polar surface area (TPSA) is 77.7 Å². The number of benzene rings is 2. The van der Waals surface area contributed by atoms with E-state index in [4.69, 9.17) is 25.6 Å². The molecule has 0 bridgehead atoms. The average Bonchev–Trinajstić information content (AvgIpc) is 3.28. The summed E-state index contributed by atoms with van der Waals surface area (Å²) in [5.41, 5.74) is 1.36. The number of aromatic nitrogens is 2. The third-order valence-electron chi connectivity index (χ3n) is 5.25. The van der Waals surface area contributed by atoms with Gasteiger partial charge in [-0.3, -0.25) is 4.79 Å². The summed E-state index contributed by atoms with van der Waals surface area (Å²) in [7, 11) is 3.13. The molecule has 8 heteroatoms. The molecule has 30 heavy (non-hydrogen) atoms. The molecule has 1 fully saturated rings. The van der Waals surface area contributed by atoms with Crippen molar-refractivity contribution in [2.24, 2.45) is 0 Å². The second-order valence-corrected chi connectivity index (χ2v) is 7.57. The third-order valence-corrected chi connectivity index (χ3v) is 5.49. The summed E-state index contributed by atoms with van der Waals surface area (Å²) in [5.74, 6) is 2.37. The zero-order valence-corrected chi connectivity index (χ0v) is 17.6. The fourth-order valence-electron chi connectivity index (χ4n) is 3.59. The molecule has 0 radical (unpaired) electrons. The molecule has 1 amide bonds. The molecule has 1 aliphatic heterocycles. The number of rotatable bonds is 5. The van der Waals surface area contributed by atoms with Crippen LogP contribution in [0.25, 0.3) is 11.4 Å². The normalized spacial score (nSPS) is 14.6. The second kappa shape index (κ2) is 8.75. The lowest BCUT2D eigenvalue weighted by molar-refractivity contribution is 0.0704. The van der Waals surface area contributed by atoms with Crippen LogP contribution in [-0.2, 0) is 0 Å². The van der Waals surface area contributed by atoms with E-state index in [-0.39, 0.29) is 11.8 Å². The Bertz CT molecular complexity index is 1020. The zero-order valence-electron chi connectivity index (χ0n) is 16.8. The highest BCUT2D eigenvalue weighted by molar-refractivity contribution is 6.30. The maximum atomic E-state index is 13.0. The summed E-state index contributed by atoms with van der Waals surface area (Å²) in [6, 6.07) is 12.6. The van der Waals surface area contributed by atoms with Crippen LogP contribution >= 0.6 is 11.6 Å². The van der Waals surface area contributed by atoms with E-state index in [1.165, 1.54) is 0 Å². The molecule has 0 atom stereocenters. The number of hydrogen-bond acceptors (Lipinski definition) is 6. The largest absolute Gasteiger partial charge is 0.497 e. The molecule has 0 aliphatic carbocycles. The van der Waals surface area contributed by atoms with Crippen molar-refractivity contribution >= 4 is 17.5 Å². The lowest BCUT2D eigenvalue weighted by atomic mass is 9.96. The van der Waals surface area contributed by atoms with Crippen molar-refractivity contribution in [2.75, 3.05) is 27.3 Å². The molecular weight excluding hydrogens is 406 g/mol. The van der Waals surface area contributed by atoms with Gasteiger partial charge in [-0.2, -0.15) is 4.98 Å². The van der Waals surface area contributed by atoms with Crippen molar-refractivity contribution in [3.05, 3.63) is 58.9 Å². The van der Waals surface area contributed by atoms with Crippen LogP contribution in [0.1, 0.15) is 35.0 Å². The number of hydrogen-bond donors (Lipinski definition) is 0. The van der Waals surface area contributed by atoms with Gasteiger partial charge >= 0.3 is 0 Å². The highest BCUT2D eigenvalue weighted by Crippen LogP contribution is 2.30. The molecule has 156 valence electrons. The summed E-state index contributed by atoms with van der Waals surface area (Å²) in [6.07, 6.45) is 1.51. The molecule has 4 rings (SSSR count). The molecule has 0 N–H and O–H groups in total. The lowest BCUT2D eigenvalue weighted by Gasteiger charge is -2.30. The van der Waals surface area contributed by atoms with Gasteiger partial charge in [0.2, 0.25) is 11.7 Å². The monoisotopic (exact) mass is 427 g/mol. The van der Waals surface area contributed by atoms with Crippen LogP contribution in [0.5, 0.6) is 11.5 Å². The number of halogens is 1. The van der Waals surface area contributed by atoms with E-state index < -0.39 is 0 Å². The van der Waals surface area contributed by atoms with Crippen LogP contribution in [0, 0.1) is 0 Å². The van der Waals surface area contributed by atoms with Crippen LogP contribution in [0.4, 0.5) is 0 Å². The van der Waals surface area contributed by atoms with Crippen molar-refractivity contribution in [3.63, 3.8) is 0 Å². The molecule has 0 saturated carbocycles. The fourth-order valence-corrected chi connectivity index (χ4v) is 3.78. The van der Waals surface area contributed by atoms with E-state index >= 15 is 0 Å². The summed E-state index contributed by atoms with van der Waals surface area (Å²) in [4.78, 5) is 19.3. The Kier molecular flexibility index (Phi) is 5.90. The number of ether oxygens (including phenoxy) is 2. The van der Waals surface area contributed by atoms with Crippen molar-refractivity contribution in [2.45, 2.75) is 18.8 Å². The van der Waals surface area contributed by atoms with Gasteiger partial charge in [0.15, 0.2) is 0 Å². The molecule has 0 unspecified atom stereocenters. The molecule has 0 spiro atoms.